The molecule has 0 saturated heterocycles. The van der Waals surface area contributed by atoms with Gasteiger partial charge in [-0.25, -0.2) is 0 Å². The van der Waals surface area contributed by atoms with Crippen molar-refractivity contribution in [3.8, 4) is 5.75 Å². The highest BCUT2D eigenvalue weighted by molar-refractivity contribution is 9.10. The van der Waals surface area contributed by atoms with Crippen molar-refractivity contribution in [3.05, 3.63) is 28.2 Å². The number of hydrogen-bond acceptors (Lipinski definition) is 2. The fraction of sp³-hybridized carbons (Fsp3) is 0.400. The van der Waals surface area contributed by atoms with Gasteiger partial charge in [-0.1, -0.05) is 15.9 Å². The second kappa shape index (κ2) is 5.05. The highest BCUT2D eigenvalue weighted by atomic mass is 79.9. The van der Waals surface area contributed by atoms with E-state index in [0.29, 0.717) is 12.0 Å². The zero-order valence-electron chi connectivity index (χ0n) is 8.51. The molecular weight excluding hydrogens is 287 g/mol. The fourth-order valence-electron chi connectivity index (χ4n) is 1.25. The summed E-state index contributed by atoms with van der Waals surface area (Å²) in [6.45, 7) is 1.78. The van der Waals surface area contributed by atoms with Gasteiger partial charge >= 0.3 is 6.36 Å². The largest absolute Gasteiger partial charge is 0.573 e. The van der Waals surface area contributed by atoms with E-state index in [0.717, 1.165) is 4.47 Å². The summed E-state index contributed by atoms with van der Waals surface area (Å²) in [6.07, 6.45) is -4.19. The van der Waals surface area contributed by atoms with Crippen molar-refractivity contribution in [3.63, 3.8) is 0 Å². The summed E-state index contributed by atoms with van der Waals surface area (Å²) < 4.78 is 40.5. The fourth-order valence-corrected chi connectivity index (χ4v) is 1.66. The third kappa shape index (κ3) is 4.40. The van der Waals surface area contributed by atoms with Crippen LogP contribution in [0.25, 0.3) is 0 Å². The first-order valence-electron chi connectivity index (χ1n) is 4.57. The van der Waals surface area contributed by atoms with Crippen LogP contribution in [0, 0.1) is 0 Å². The van der Waals surface area contributed by atoms with Crippen molar-refractivity contribution in [2.75, 3.05) is 0 Å². The Hall–Kier alpha value is -0.750. The maximum atomic E-state index is 12.0. The first-order valence-corrected chi connectivity index (χ1v) is 5.37. The second-order valence-electron chi connectivity index (χ2n) is 3.48. The number of alkyl halides is 3. The van der Waals surface area contributed by atoms with Crippen LogP contribution in [0.2, 0.25) is 0 Å². The molecule has 1 rings (SSSR count). The molecule has 1 aromatic carbocycles. The standard InChI is InChI=1S/C10H11BrF3NO/c1-6(15)4-7-5-8(2-3-9(7)11)16-10(12,13)14/h2-3,5-6H,4,15H2,1H3. The third-order valence-electron chi connectivity index (χ3n) is 1.79. The van der Waals surface area contributed by atoms with Gasteiger partial charge in [-0.05, 0) is 37.1 Å². The van der Waals surface area contributed by atoms with Gasteiger partial charge in [0.1, 0.15) is 5.75 Å². The van der Waals surface area contributed by atoms with Gasteiger partial charge in [0, 0.05) is 10.5 Å². The van der Waals surface area contributed by atoms with Crippen molar-refractivity contribution in [1.82, 2.24) is 0 Å². The number of ether oxygens (including phenoxy) is 1. The number of halogens is 4. The molecule has 0 aliphatic heterocycles. The van der Waals surface area contributed by atoms with E-state index < -0.39 is 6.36 Å². The molecule has 0 aliphatic carbocycles. The predicted molar refractivity (Wildman–Crippen MR) is 58.2 cm³/mol. The maximum Gasteiger partial charge on any atom is 0.573 e. The van der Waals surface area contributed by atoms with E-state index in [1.54, 1.807) is 6.92 Å². The molecule has 1 atom stereocenters. The lowest BCUT2D eigenvalue weighted by Crippen LogP contribution is -2.19. The minimum atomic E-state index is -4.67. The normalized spacial score (nSPS) is 13.6. The first kappa shape index (κ1) is 13.3. The Bertz CT molecular complexity index is 366. The molecule has 0 saturated carbocycles. The van der Waals surface area contributed by atoms with Crippen molar-refractivity contribution < 1.29 is 17.9 Å². The van der Waals surface area contributed by atoms with Crippen LogP contribution >= 0.6 is 15.9 Å². The minimum Gasteiger partial charge on any atom is -0.406 e. The van der Waals surface area contributed by atoms with E-state index in [1.165, 1.54) is 18.2 Å². The molecule has 2 nitrogen and oxygen atoms in total. The van der Waals surface area contributed by atoms with Crippen LogP contribution in [-0.4, -0.2) is 12.4 Å². The monoisotopic (exact) mass is 297 g/mol. The van der Waals surface area contributed by atoms with E-state index in [9.17, 15) is 13.2 Å². The summed E-state index contributed by atoms with van der Waals surface area (Å²) >= 11 is 3.25. The molecule has 90 valence electrons. The molecule has 6 heteroatoms. The molecule has 0 fully saturated rings. The topological polar surface area (TPSA) is 35.2 Å². The molecule has 0 spiro atoms. The molecular formula is C10H11BrF3NO. The maximum absolute atomic E-state index is 12.0. The number of nitrogens with two attached hydrogens (primary N) is 1. The highest BCUT2D eigenvalue weighted by Gasteiger charge is 2.31. The van der Waals surface area contributed by atoms with Crippen molar-refractivity contribution in [2.24, 2.45) is 5.73 Å². The Morgan fingerprint density at radius 2 is 2.06 bits per heavy atom. The zero-order valence-corrected chi connectivity index (χ0v) is 10.1. The number of benzene rings is 1. The second-order valence-corrected chi connectivity index (χ2v) is 4.34. The third-order valence-corrected chi connectivity index (χ3v) is 2.57. The van der Waals surface area contributed by atoms with Crippen LogP contribution in [-0.2, 0) is 6.42 Å². The molecule has 16 heavy (non-hydrogen) atoms. The Labute approximate surface area is 99.7 Å². The van der Waals surface area contributed by atoms with Crippen molar-refractivity contribution >= 4 is 15.9 Å². The van der Waals surface area contributed by atoms with Crippen LogP contribution in [0.3, 0.4) is 0 Å². The van der Waals surface area contributed by atoms with Gasteiger partial charge in [-0.3, -0.25) is 0 Å². The van der Waals surface area contributed by atoms with Gasteiger partial charge in [0.05, 0.1) is 0 Å². The lowest BCUT2D eigenvalue weighted by molar-refractivity contribution is -0.274. The van der Waals surface area contributed by atoms with Crippen LogP contribution < -0.4 is 10.5 Å². The van der Waals surface area contributed by atoms with Gasteiger partial charge in [-0.2, -0.15) is 0 Å². The predicted octanol–water partition coefficient (Wildman–Crippen LogP) is 3.24. The molecule has 0 amide bonds. The lowest BCUT2D eigenvalue weighted by atomic mass is 10.1. The minimum absolute atomic E-state index is 0.127. The molecule has 1 aromatic rings. The van der Waals surface area contributed by atoms with E-state index in [2.05, 4.69) is 20.7 Å². The van der Waals surface area contributed by atoms with Crippen molar-refractivity contribution in [2.45, 2.75) is 25.7 Å². The molecule has 0 radical (unpaired) electrons. The Morgan fingerprint density at radius 3 is 2.56 bits per heavy atom. The SMILES string of the molecule is CC(N)Cc1cc(OC(F)(F)F)ccc1Br. The van der Waals surface area contributed by atoms with Crippen LogP contribution in [0.1, 0.15) is 12.5 Å². The average molecular weight is 298 g/mol. The zero-order chi connectivity index (χ0) is 12.3. The van der Waals surface area contributed by atoms with Gasteiger partial charge in [0.2, 0.25) is 0 Å². The Balaban J connectivity index is 2.89. The summed E-state index contributed by atoms with van der Waals surface area (Å²) in [5, 5.41) is 0. The van der Waals surface area contributed by atoms with E-state index in [1.807, 2.05) is 0 Å². The van der Waals surface area contributed by atoms with Crippen LogP contribution in [0.15, 0.2) is 22.7 Å². The number of hydrogen-bond donors (Lipinski definition) is 1. The van der Waals surface area contributed by atoms with Gasteiger partial charge in [-0.15, -0.1) is 13.2 Å². The average Bonchev–Trinajstić information content (AvgIpc) is 2.07. The molecule has 2 N–H and O–H groups in total. The highest BCUT2D eigenvalue weighted by Crippen LogP contribution is 2.27. The van der Waals surface area contributed by atoms with Crippen molar-refractivity contribution in [1.29, 1.82) is 0 Å². The van der Waals surface area contributed by atoms with E-state index >= 15 is 0 Å². The van der Waals surface area contributed by atoms with Gasteiger partial charge in [0.25, 0.3) is 0 Å². The summed E-state index contributed by atoms with van der Waals surface area (Å²) in [6, 6.07) is 3.97. The van der Waals surface area contributed by atoms with Gasteiger partial charge in [0.15, 0.2) is 0 Å². The Kier molecular flexibility index (Phi) is 4.21. The van der Waals surface area contributed by atoms with Crippen LogP contribution in [0.5, 0.6) is 5.75 Å². The van der Waals surface area contributed by atoms with E-state index in [-0.39, 0.29) is 11.8 Å². The quantitative estimate of drug-likeness (QED) is 0.929. The molecule has 0 aromatic heterocycles. The molecule has 0 aliphatic rings. The molecule has 0 heterocycles. The van der Waals surface area contributed by atoms with E-state index in [4.69, 9.17) is 5.73 Å². The first-order chi connectivity index (χ1) is 7.28. The summed E-state index contributed by atoms with van der Waals surface area (Å²) in [5.74, 6) is -0.230. The summed E-state index contributed by atoms with van der Waals surface area (Å²) in [7, 11) is 0. The molecule has 0 bridgehead atoms. The summed E-state index contributed by atoms with van der Waals surface area (Å²) in [4.78, 5) is 0. The lowest BCUT2D eigenvalue weighted by Gasteiger charge is -2.12. The smallest absolute Gasteiger partial charge is 0.406 e. The summed E-state index contributed by atoms with van der Waals surface area (Å²) in [5.41, 5.74) is 6.28. The van der Waals surface area contributed by atoms with Crippen LogP contribution in [0.4, 0.5) is 13.2 Å². The van der Waals surface area contributed by atoms with Gasteiger partial charge < -0.3 is 10.5 Å². The number of rotatable bonds is 3. The Morgan fingerprint density at radius 1 is 1.44 bits per heavy atom. The molecule has 1 unspecified atom stereocenters.